The van der Waals surface area contributed by atoms with Crippen LogP contribution >= 0.6 is 0 Å². The molecule has 100 valence electrons. The summed E-state index contributed by atoms with van der Waals surface area (Å²) in [5, 5.41) is 9.71. The molecule has 1 spiro atoms. The highest BCUT2D eigenvalue weighted by atomic mass is 16.5. The van der Waals surface area contributed by atoms with Crippen molar-refractivity contribution in [2.24, 2.45) is 0 Å². The Morgan fingerprint density at radius 1 is 0.765 bits per heavy atom. The summed E-state index contributed by atoms with van der Waals surface area (Å²) < 4.78 is 5.95. The molecule has 0 aromatic heterocycles. The van der Waals surface area contributed by atoms with Crippen LogP contribution in [0.25, 0.3) is 0 Å². The van der Waals surface area contributed by atoms with Gasteiger partial charge in [0.25, 0.3) is 0 Å². The van der Waals surface area contributed by atoms with Crippen molar-refractivity contribution in [3.8, 4) is 0 Å². The Hall–Kier alpha value is -0.0800. The summed E-state index contributed by atoms with van der Waals surface area (Å²) in [6.45, 7) is 0.569. The molecule has 0 aromatic rings. The van der Waals surface area contributed by atoms with Crippen LogP contribution < -0.4 is 0 Å². The van der Waals surface area contributed by atoms with Gasteiger partial charge in [-0.3, -0.25) is 0 Å². The smallest absolute Gasteiger partial charge is 0.0801 e. The second-order valence-electron chi connectivity index (χ2n) is 6.03. The molecule has 1 saturated heterocycles. The third-order valence-corrected chi connectivity index (χ3v) is 4.45. The predicted octanol–water partition coefficient (Wildman–Crippen LogP) is 3.81. The Balaban J connectivity index is 1.84. The molecular formula is C15H28O2. The van der Waals surface area contributed by atoms with Gasteiger partial charge < -0.3 is 9.84 Å². The van der Waals surface area contributed by atoms with Crippen LogP contribution in [0.4, 0.5) is 0 Å². The lowest BCUT2D eigenvalue weighted by Gasteiger charge is -2.28. The van der Waals surface area contributed by atoms with E-state index in [9.17, 15) is 5.11 Å². The molecule has 1 N–H and O–H groups in total. The van der Waals surface area contributed by atoms with Crippen LogP contribution in [-0.4, -0.2) is 23.4 Å². The average Bonchev–Trinajstić information content (AvgIpc) is 2.66. The Kier molecular flexibility index (Phi) is 5.30. The molecule has 2 heteroatoms. The lowest BCUT2D eigenvalue weighted by molar-refractivity contribution is -0.0157. The van der Waals surface area contributed by atoms with E-state index in [1.165, 1.54) is 70.6 Å². The van der Waals surface area contributed by atoms with Crippen molar-refractivity contribution in [1.29, 1.82) is 0 Å². The third-order valence-electron chi connectivity index (χ3n) is 4.45. The van der Waals surface area contributed by atoms with Crippen LogP contribution in [0.5, 0.6) is 0 Å². The molecule has 2 nitrogen and oxygen atoms in total. The van der Waals surface area contributed by atoms with Gasteiger partial charge in [-0.1, -0.05) is 57.8 Å². The summed E-state index contributed by atoms with van der Waals surface area (Å²) in [5.41, 5.74) is 0.0403. The van der Waals surface area contributed by atoms with Crippen molar-refractivity contribution in [1.82, 2.24) is 0 Å². The molecule has 1 saturated carbocycles. The van der Waals surface area contributed by atoms with Crippen LogP contribution in [0.3, 0.4) is 0 Å². The van der Waals surface area contributed by atoms with E-state index in [1.807, 2.05) is 0 Å². The second-order valence-corrected chi connectivity index (χ2v) is 6.03. The van der Waals surface area contributed by atoms with Crippen LogP contribution in [0.1, 0.15) is 77.0 Å². The van der Waals surface area contributed by atoms with Gasteiger partial charge >= 0.3 is 0 Å². The first-order valence-corrected chi connectivity index (χ1v) is 7.63. The molecule has 1 unspecified atom stereocenters. The minimum Gasteiger partial charge on any atom is -0.391 e. The van der Waals surface area contributed by atoms with Gasteiger partial charge in [0.1, 0.15) is 0 Å². The maximum Gasteiger partial charge on any atom is 0.0801 e. The summed E-state index contributed by atoms with van der Waals surface area (Å²) >= 11 is 0. The number of aliphatic hydroxyl groups is 1. The van der Waals surface area contributed by atoms with Crippen LogP contribution in [0.2, 0.25) is 0 Å². The summed E-state index contributed by atoms with van der Waals surface area (Å²) in [6, 6.07) is 0. The second kappa shape index (κ2) is 6.75. The molecule has 2 rings (SSSR count). The molecule has 2 aliphatic rings. The predicted molar refractivity (Wildman–Crippen MR) is 70.1 cm³/mol. The lowest BCUT2D eigenvalue weighted by Crippen LogP contribution is -2.28. The largest absolute Gasteiger partial charge is 0.391 e. The Morgan fingerprint density at radius 2 is 1.24 bits per heavy atom. The lowest BCUT2D eigenvalue weighted by atomic mass is 9.86. The van der Waals surface area contributed by atoms with E-state index >= 15 is 0 Å². The zero-order valence-electron chi connectivity index (χ0n) is 11.1. The standard InChI is InChI=1S/C15H28O2/c16-14-12-15(17-13-14)10-8-6-4-2-1-3-5-7-9-11-15/h14,16H,1-13H2. The van der Waals surface area contributed by atoms with E-state index in [4.69, 9.17) is 4.74 Å². The van der Waals surface area contributed by atoms with E-state index in [-0.39, 0.29) is 11.7 Å². The van der Waals surface area contributed by atoms with Gasteiger partial charge in [0.2, 0.25) is 0 Å². The van der Waals surface area contributed by atoms with Gasteiger partial charge in [-0.25, -0.2) is 0 Å². The van der Waals surface area contributed by atoms with E-state index in [2.05, 4.69) is 0 Å². The van der Waals surface area contributed by atoms with E-state index in [1.54, 1.807) is 0 Å². The molecule has 1 heterocycles. The van der Waals surface area contributed by atoms with Crippen molar-refractivity contribution in [2.75, 3.05) is 6.61 Å². The fourth-order valence-electron chi connectivity index (χ4n) is 3.43. The maximum absolute atomic E-state index is 9.71. The van der Waals surface area contributed by atoms with Gasteiger partial charge in [0.05, 0.1) is 18.3 Å². The minimum absolute atomic E-state index is 0.0403. The molecule has 0 radical (unpaired) electrons. The summed E-state index contributed by atoms with van der Waals surface area (Å²) in [5.74, 6) is 0. The van der Waals surface area contributed by atoms with Crippen LogP contribution in [0, 0.1) is 0 Å². The molecular weight excluding hydrogens is 212 g/mol. The first-order chi connectivity index (χ1) is 8.31. The normalized spacial score (nSPS) is 31.9. The topological polar surface area (TPSA) is 29.5 Å². The highest BCUT2D eigenvalue weighted by molar-refractivity contribution is 4.89. The van der Waals surface area contributed by atoms with E-state index < -0.39 is 0 Å². The van der Waals surface area contributed by atoms with Gasteiger partial charge in [-0.15, -0.1) is 0 Å². The maximum atomic E-state index is 9.71. The van der Waals surface area contributed by atoms with Gasteiger partial charge in [-0.05, 0) is 12.8 Å². The van der Waals surface area contributed by atoms with Crippen molar-refractivity contribution >= 4 is 0 Å². The number of ether oxygens (including phenoxy) is 1. The Labute approximate surface area is 106 Å². The average molecular weight is 240 g/mol. The zero-order valence-corrected chi connectivity index (χ0v) is 11.1. The number of hydrogen-bond acceptors (Lipinski definition) is 2. The monoisotopic (exact) mass is 240 g/mol. The molecule has 17 heavy (non-hydrogen) atoms. The molecule has 1 aliphatic heterocycles. The first-order valence-electron chi connectivity index (χ1n) is 7.63. The van der Waals surface area contributed by atoms with E-state index in [0.29, 0.717) is 6.61 Å². The van der Waals surface area contributed by atoms with Crippen molar-refractivity contribution < 1.29 is 9.84 Å². The summed E-state index contributed by atoms with van der Waals surface area (Å²) in [6.07, 6.45) is 15.3. The third kappa shape index (κ3) is 4.26. The molecule has 0 aromatic carbocycles. The number of rotatable bonds is 0. The quantitative estimate of drug-likeness (QED) is 0.697. The fraction of sp³-hybridized carbons (Fsp3) is 1.00. The SMILES string of the molecule is OC1COC2(CCCCCCCCCCC2)C1. The van der Waals surface area contributed by atoms with Crippen molar-refractivity contribution in [3.63, 3.8) is 0 Å². The van der Waals surface area contributed by atoms with Gasteiger partial charge in [0.15, 0.2) is 0 Å². The summed E-state index contributed by atoms with van der Waals surface area (Å²) in [4.78, 5) is 0. The Morgan fingerprint density at radius 3 is 1.65 bits per heavy atom. The number of aliphatic hydroxyl groups excluding tert-OH is 1. The minimum atomic E-state index is -0.206. The first kappa shape index (κ1) is 13.4. The molecule has 2 fully saturated rings. The summed E-state index contributed by atoms with van der Waals surface area (Å²) in [7, 11) is 0. The number of hydrogen-bond donors (Lipinski definition) is 1. The van der Waals surface area contributed by atoms with E-state index in [0.717, 1.165) is 6.42 Å². The van der Waals surface area contributed by atoms with Gasteiger partial charge in [-0.2, -0.15) is 0 Å². The molecule has 0 amide bonds. The molecule has 0 bridgehead atoms. The zero-order chi connectivity index (χ0) is 12.0. The van der Waals surface area contributed by atoms with Crippen molar-refractivity contribution in [2.45, 2.75) is 88.8 Å². The van der Waals surface area contributed by atoms with Crippen LogP contribution in [0.15, 0.2) is 0 Å². The fourth-order valence-corrected chi connectivity index (χ4v) is 3.43. The Bertz CT molecular complexity index is 203. The van der Waals surface area contributed by atoms with Gasteiger partial charge in [0, 0.05) is 6.42 Å². The van der Waals surface area contributed by atoms with Crippen LogP contribution in [-0.2, 0) is 4.74 Å². The van der Waals surface area contributed by atoms with Crippen molar-refractivity contribution in [3.05, 3.63) is 0 Å². The molecule has 1 atom stereocenters. The highest BCUT2D eigenvalue weighted by Crippen LogP contribution is 2.36. The highest BCUT2D eigenvalue weighted by Gasteiger charge is 2.38. The molecule has 1 aliphatic carbocycles.